The second kappa shape index (κ2) is 13.4. The highest BCUT2D eigenvalue weighted by Crippen LogP contribution is 2.53. The Hall–Kier alpha value is -7.31. The van der Waals surface area contributed by atoms with Gasteiger partial charge in [-0.15, -0.1) is 0 Å². The molecule has 0 aliphatic heterocycles. The van der Waals surface area contributed by atoms with Gasteiger partial charge in [-0.25, -0.2) is 15.0 Å². The molecule has 0 bridgehead atoms. The second-order valence-electron chi connectivity index (χ2n) is 16.8. The fraction of sp³-hybridized carbons (Fsp3) is 0.145. The Balaban J connectivity index is 1.09. The lowest BCUT2D eigenvalue weighted by Gasteiger charge is -2.23. The number of allylic oxidation sites excluding steroid dienone is 1. The summed E-state index contributed by atoms with van der Waals surface area (Å²) < 4.78 is 15.4. The average Bonchev–Trinajstić information content (AvgIpc) is 4.01. The summed E-state index contributed by atoms with van der Waals surface area (Å²) >= 11 is 0. The Morgan fingerprint density at radius 1 is 0.672 bits per heavy atom. The molecule has 0 atom stereocenters. The molecule has 4 aromatic heterocycles. The SMILES string of the molecule is C/C=C\c1oc2cc3c(cc2c1CC)c1ccc2c(c1n3-c1ccc(-c3nc(C4=c5c(oc6ccccc56)=CCC4)nc(-c4ccccc4)n3)cc1)C(C)(C)c1ccccc1-2. The molecule has 0 saturated carbocycles. The number of furan rings is 2. The molecule has 6 heteroatoms. The van der Waals surface area contributed by atoms with E-state index in [-0.39, 0.29) is 5.41 Å². The lowest BCUT2D eigenvalue weighted by atomic mass is 9.81. The van der Waals surface area contributed by atoms with Crippen molar-refractivity contribution in [1.29, 1.82) is 0 Å². The first-order valence-corrected chi connectivity index (χ1v) is 21.3. The predicted octanol–water partition coefficient (Wildman–Crippen LogP) is 12.5. The van der Waals surface area contributed by atoms with Gasteiger partial charge in [0.25, 0.3) is 0 Å². The fourth-order valence-electron chi connectivity index (χ4n) is 10.3. The first-order valence-electron chi connectivity index (χ1n) is 21.3. The molecular weight excluding hydrogens is 749 g/mol. The summed E-state index contributed by atoms with van der Waals surface area (Å²) in [7, 11) is 0. The van der Waals surface area contributed by atoms with Crippen molar-refractivity contribution >= 4 is 61.5 Å². The summed E-state index contributed by atoms with van der Waals surface area (Å²) in [6.07, 6.45) is 8.87. The minimum absolute atomic E-state index is 0.214. The Kier molecular flexibility index (Phi) is 7.80. The van der Waals surface area contributed by atoms with Crippen molar-refractivity contribution in [2.24, 2.45) is 0 Å². The molecule has 6 aromatic carbocycles. The van der Waals surface area contributed by atoms with E-state index < -0.39 is 0 Å². The van der Waals surface area contributed by atoms with Gasteiger partial charge >= 0.3 is 0 Å². The standard InChI is InChI=1S/C55H42N4O2/c1-5-15-45-35(6-2)42-30-41-38-29-28-37-36-18-10-12-21-43(36)55(3,4)50(37)51(38)59(44(41)31-48(42)61-45)34-26-24-33(25-27-34)53-56-52(32-16-8-7-9-17-32)57-54(58-53)40-20-14-23-47-49(40)39-19-11-13-22-46(39)60-47/h5,7-13,15-19,21-31H,6,14,20H2,1-4H3/b15-5-. The molecule has 0 N–H and O–H groups in total. The molecule has 6 nitrogen and oxygen atoms in total. The molecule has 4 heterocycles. The summed E-state index contributed by atoms with van der Waals surface area (Å²) in [4.78, 5) is 15.5. The van der Waals surface area contributed by atoms with Gasteiger partial charge in [-0.3, -0.25) is 0 Å². The van der Waals surface area contributed by atoms with Crippen molar-refractivity contribution in [2.75, 3.05) is 0 Å². The van der Waals surface area contributed by atoms with Gasteiger partial charge in [0.15, 0.2) is 17.5 Å². The average molecular weight is 791 g/mol. The van der Waals surface area contributed by atoms with E-state index in [0.717, 1.165) is 80.1 Å². The Bertz CT molecular complexity index is 3600. The Morgan fingerprint density at radius 3 is 2.21 bits per heavy atom. The third-order valence-corrected chi connectivity index (χ3v) is 13.0. The molecule has 0 saturated heterocycles. The van der Waals surface area contributed by atoms with Crippen LogP contribution in [0.5, 0.6) is 0 Å². The maximum Gasteiger partial charge on any atom is 0.164 e. The van der Waals surface area contributed by atoms with Gasteiger partial charge in [0, 0.05) is 66.2 Å². The van der Waals surface area contributed by atoms with Crippen molar-refractivity contribution in [3.63, 3.8) is 0 Å². The van der Waals surface area contributed by atoms with Crippen molar-refractivity contribution in [1.82, 2.24) is 19.5 Å². The normalized spacial score (nSPS) is 14.3. The summed E-state index contributed by atoms with van der Waals surface area (Å²) in [5, 5.41) is 5.78. The topological polar surface area (TPSA) is 69.9 Å². The Morgan fingerprint density at radius 2 is 1.41 bits per heavy atom. The van der Waals surface area contributed by atoms with Gasteiger partial charge in [-0.05, 0) is 97.0 Å². The zero-order chi connectivity index (χ0) is 41.0. The largest absolute Gasteiger partial charge is 0.456 e. The number of hydrogen-bond acceptors (Lipinski definition) is 5. The number of nitrogens with zero attached hydrogens (tertiary/aromatic N) is 4. The Labute approximate surface area is 352 Å². The first kappa shape index (κ1) is 35.6. The monoisotopic (exact) mass is 790 g/mol. The predicted molar refractivity (Wildman–Crippen MR) is 248 cm³/mol. The van der Waals surface area contributed by atoms with Gasteiger partial charge in [0.1, 0.15) is 22.3 Å². The molecule has 2 aliphatic rings. The second-order valence-corrected chi connectivity index (χ2v) is 16.8. The summed E-state index contributed by atoms with van der Waals surface area (Å²) in [5.41, 5.74) is 15.3. The zero-order valence-electron chi connectivity index (χ0n) is 34.6. The third-order valence-electron chi connectivity index (χ3n) is 13.0. The van der Waals surface area contributed by atoms with Crippen LogP contribution in [-0.4, -0.2) is 19.5 Å². The van der Waals surface area contributed by atoms with Gasteiger partial charge in [-0.2, -0.15) is 0 Å². The quantitative estimate of drug-likeness (QED) is 0.168. The van der Waals surface area contributed by atoms with Crippen LogP contribution < -0.4 is 10.6 Å². The van der Waals surface area contributed by atoms with Crippen LogP contribution in [0.1, 0.15) is 68.8 Å². The van der Waals surface area contributed by atoms with Crippen LogP contribution in [0.15, 0.2) is 142 Å². The lowest BCUT2D eigenvalue weighted by Crippen LogP contribution is -2.27. The van der Waals surface area contributed by atoms with Crippen LogP contribution in [0.4, 0.5) is 0 Å². The fourth-order valence-corrected chi connectivity index (χ4v) is 10.3. The molecule has 2 aliphatic carbocycles. The van der Waals surface area contributed by atoms with E-state index >= 15 is 0 Å². The van der Waals surface area contributed by atoms with Crippen LogP contribution >= 0.6 is 0 Å². The van der Waals surface area contributed by atoms with Crippen LogP contribution in [0.3, 0.4) is 0 Å². The summed E-state index contributed by atoms with van der Waals surface area (Å²) in [6.45, 7) is 8.99. The van der Waals surface area contributed by atoms with Crippen LogP contribution in [0, 0.1) is 0 Å². The van der Waals surface area contributed by atoms with Crippen molar-refractivity contribution in [2.45, 2.75) is 52.4 Å². The van der Waals surface area contributed by atoms with Crippen molar-refractivity contribution < 1.29 is 8.83 Å². The number of para-hydroxylation sites is 1. The van der Waals surface area contributed by atoms with E-state index in [1.807, 2.05) is 37.3 Å². The molecule has 0 radical (unpaired) electrons. The minimum Gasteiger partial charge on any atom is -0.456 e. The molecular formula is C55H42N4O2. The minimum atomic E-state index is -0.214. The number of fused-ring (bicyclic) bond motifs is 11. The van der Waals surface area contributed by atoms with E-state index in [1.165, 1.54) is 49.5 Å². The zero-order valence-corrected chi connectivity index (χ0v) is 34.6. The van der Waals surface area contributed by atoms with Gasteiger partial charge in [0.05, 0.1) is 11.0 Å². The van der Waals surface area contributed by atoms with Gasteiger partial charge < -0.3 is 13.4 Å². The number of aromatic nitrogens is 4. The molecule has 10 aromatic rings. The molecule has 0 fully saturated rings. The van der Waals surface area contributed by atoms with Gasteiger partial charge in [0.2, 0.25) is 0 Å². The number of hydrogen-bond donors (Lipinski definition) is 0. The van der Waals surface area contributed by atoms with Gasteiger partial charge in [-0.1, -0.05) is 112 Å². The maximum atomic E-state index is 6.60. The van der Waals surface area contributed by atoms with Crippen LogP contribution in [0.2, 0.25) is 0 Å². The summed E-state index contributed by atoms with van der Waals surface area (Å²) in [5.74, 6) is 2.89. The maximum absolute atomic E-state index is 6.60. The van der Waals surface area contributed by atoms with Crippen molar-refractivity contribution in [3.05, 3.63) is 172 Å². The molecule has 0 amide bonds. The molecule has 61 heavy (non-hydrogen) atoms. The lowest BCUT2D eigenvalue weighted by molar-refractivity contribution is 0.571. The van der Waals surface area contributed by atoms with Crippen LogP contribution in [0.25, 0.3) is 101 Å². The highest BCUT2D eigenvalue weighted by Gasteiger charge is 2.38. The van der Waals surface area contributed by atoms with Crippen LogP contribution in [-0.2, 0) is 11.8 Å². The summed E-state index contributed by atoms with van der Waals surface area (Å²) in [6, 6.07) is 45.3. The van der Waals surface area contributed by atoms with Crippen molar-refractivity contribution in [3.8, 4) is 39.6 Å². The number of rotatable bonds is 6. The van der Waals surface area contributed by atoms with E-state index in [9.17, 15) is 0 Å². The van der Waals surface area contributed by atoms with E-state index in [1.54, 1.807) is 0 Å². The van der Waals surface area contributed by atoms with E-state index in [0.29, 0.717) is 17.5 Å². The number of benzene rings is 6. The highest BCUT2D eigenvalue weighted by molar-refractivity contribution is 6.16. The highest BCUT2D eigenvalue weighted by atomic mass is 16.3. The molecule has 294 valence electrons. The smallest absolute Gasteiger partial charge is 0.164 e. The van der Waals surface area contributed by atoms with E-state index in [2.05, 4.69) is 141 Å². The molecule has 0 unspecified atom stereocenters. The molecule has 0 spiro atoms. The molecule has 12 rings (SSSR count). The third kappa shape index (κ3) is 5.24. The van der Waals surface area contributed by atoms with E-state index in [4.69, 9.17) is 23.8 Å². The number of aryl methyl sites for hydroxylation is 1. The first-order chi connectivity index (χ1) is 29.9.